The highest BCUT2D eigenvalue weighted by Gasteiger charge is 2.44. The number of nitrogens with zero attached hydrogens (tertiary/aromatic N) is 3. The molecule has 126 valence electrons. The summed E-state index contributed by atoms with van der Waals surface area (Å²) in [4.78, 5) is 28.8. The Morgan fingerprint density at radius 1 is 1.46 bits per heavy atom. The van der Waals surface area contributed by atoms with Gasteiger partial charge in [-0.15, -0.1) is 0 Å². The number of morpholine rings is 1. The molecule has 1 unspecified atom stereocenters. The number of para-hydroxylation sites is 2. The van der Waals surface area contributed by atoms with Crippen molar-refractivity contribution in [3.8, 4) is 6.07 Å². The highest BCUT2D eigenvalue weighted by atomic mass is 16.5. The van der Waals surface area contributed by atoms with E-state index in [2.05, 4.69) is 11.4 Å². The normalized spacial score (nSPS) is 23.1. The fourth-order valence-corrected chi connectivity index (χ4v) is 3.09. The van der Waals surface area contributed by atoms with Crippen LogP contribution in [-0.2, 0) is 14.3 Å². The van der Waals surface area contributed by atoms with Crippen LogP contribution in [0.15, 0.2) is 24.3 Å². The first kappa shape index (κ1) is 16.4. The zero-order valence-electron chi connectivity index (χ0n) is 13.8. The number of carbonyl (C=O) groups is 2. The first-order chi connectivity index (χ1) is 11.4. The van der Waals surface area contributed by atoms with Crippen LogP contribution >= 0.6 is 0 Å². The van der Waals surface area contributed by atoms with Crippen LogP contribution in [0.3, 0.4) is 0 Å². The van der Waals surface area contributed by atoms with Gasteiger partial charge in [-0.3, -0.25) is 19.4 Å². The van der Waals surface area contributed by atoms with E-state index in [0.29, 0.717) is 31.1 Å². The molecule has 1 aromatic rings. The van der Waals surface area contributed by atoms with E-state index in [9.17, 15) is 14.9 Å². The molecule has 0 aliphatic carbocycles. The summed E-state index contributed by atoms with van der Waals surface area (Å²) in [6, 6.07) is 8.95. The zero-order chi connectivity index (χ0) is 17.3. The fourth-order valence-electron chi connectivity index (χ4n) is 3.09. The van der Waals surface area contributed by atoms with Crippen molar-refractivity contribution in [2.45, 2.75) is 25.4 Å². The molecule has 2 aliphatic heterocycles. The van der Waals surface area contributed by atoms with E-state index in [1.807, 2.05) is 18.2 Å². The Labute approximate surface area is 140 Å². The molecule has 1 aromatic carbocycles. The number of nitriles is 1. The van der Waals surface area contributed by atoms with Crippen LogP contribution in [0.25, 0.3) is 0 Å². The summed E-state index contributed by atoms with van der Waals surface area (Å²) >= 11 is 0. The third kappa shape index (κ3) is 2.75. The van der Waals surface area contributed by atoms with E-state index < -0.39 is 11.6 Å². The largest absolute Gasteiger partial charge is 0.377 e. The molecule has 2 aliphatic rings. The molecule has 2 amide bonds. The van der Waals surface area contributed by atoms with Crippen LogP contribution in [0.1, 0.15) is 13.8 Å². The lowest BCUT2D eigenvalue weighted by atomic mass is 9.96. The van der Waals surface area contributed by atoms with Gasteiger partial charge in [0.15, 0.2) is 0 Å². The molecular formula is C17H20N4O3. The Balaban J connectivity index is 1.90. The summed E-state index contributed by atoms with van der Waals surface area (Å²) in [6.07, 6.45) is 0. The lowest BCUT2D eigenvalue weighted by molar-refractivity contribution is -0.128. The molecule has 7 heteroatoms. The molecule has 0 bridgehead atoms. The molecule has 7 nitrogen and oxygen atoms in total. The Bertz CT molecular complexity index is 710. The Kier molecular flexibility index (Phi) is 4.26. The number of fused-ring (bicyclic) bond motifs is 1. The lowest BCUT2D eigenvalue weighted by Gasteiger charge is -2.43. The number of rotatable bonds is 2. The number of ether oxygens (including phenoxy) is 1. The molecule has 1 N–H and O–H groups in total. The van der Waals surface area contributed by atoms with Gasteiger partial charge in [-0.25, -0.2) is 0 Å². The second-order valence-corrected chi connectivity index (χ2v) is 6.45. The third-order valence-electron chi connectivity index (χ3n) is 4.48. The van der Waals surface area contributed by atoms with Gasteiger partial charge in [-0.05, 0) is 26.0 Å². The second-order valence-electron chi connectivity index (χ2n) is 6.45. The number of hydrogen-bond acceptors (Lipinski definition) is 5. The molecule has 1 atom stereocenters. The predicted octanol–water partition coefficient (Wildman–Crippen LogP) is 0.975. The minimum Gasteiger partial charge on any atom is -0.377 e. The quantitative estimate of drug-likeness (QED) is 0.874. The van der Waals surface area contributed by atoms with E-state index in [0.717, 1.165) is 0 Å². The number of anilines is 2. The third-order valence-corrected chi connectivity index (χ3v) is 4.48. The van der Waals surface area contributed by atoms with Gasteiger partial charge >= 0.3 is 0 Å². The number of benzene rings is 1. The van der Waals surface area contributed by atoms with Gasteiger partial charge in [-0.1, -0.05) is 12.1 Å². The predicted molar refractivity (Wildman–Crippen MR) is 88.4 cm³/mol. The monoisotopic (exact) mass is 328 g/mol. The van der Waals surface area contributed by atoms with E-state index in [-0.39, 0.29) is 18.4 Å². The van der Waals surface area contributed by atoms with Gasteiger partial charge in [0.2, 0.25) is 11.8 Å². The van der Waals surface area contributed by atoms with Crippen molar-refractivity contribution in [2.24, 2.45) is 0 Å². The van der Waals surface area contributed by atoms with Crippen molar-refractivity contribution in [1.29, 1.82) is 5.26 Å². The van der Waals surface area contributed by atoms with Crippen LogP contribution in [0.5, 0.6) is 0 Å². The van der Waals surface area contributed by atoms with Crippen molar-refractivity contribution in [2.75, 3.05) is 36.5 Å². The fraction of sp³-hybridized carbons (Fsp3) is 0.471. The maximum absolute atomic E-state index is 13.0. The van der Waals surface area contributed by atoms with Gasteiger partial charge in [0, 0.05) is 6.54 Å². The summed E-state index contributed by atoms with van der Waals surface area (Å²) in [6.45, 7) is 4.82. The highest BCUT2D eigenvalue weighted by molar-refractivity contribution is 6.14. The second kappa shape index (κ2) is 6.23. The van der Waals surface area contributed by atoms with Crippen LogP contribution in [-0.4, -0.2) is 54.6 Å². The Morgan fingerprint density at radius 2 is 2.21 bits per heavy atom. The Hall–Kier alpha value is -2.43. The molecule has 0 spiro atoms. The average molecular weight is 328 g/mol. The maximum atomic E-state index is 13.0. The van der Waals surface area contributed by atoms with E-state index in [4.69, 9.17) is 4.74 Å². The standard InChI is InChI=1S/C17H20N4O3/c1-17(2)16(23)19-13-5-3-4-6-14(13)21(17)15(22)10-20-7-8-24-11-12(20)9-18/h3-6,12H,7-8,10-11H2,1-2H3,(H,19,23). The van der Waals surface area contributed by atoms with Gasteiger partial charge < -0.3 is 10.1 Å². The van der Waals surface area contributed by atoms with Crippen LogP contribution in [0, 0.1) is 11.3 Å². The molecule has 0 saturated carbocycles. The minimum absolute atomic E-state index is 0.0760. The summed E-state index contributed by atoms with van der Waals surface area (Å²) < 4.78 is 5.29. The topological polar surface area (TPSA) is 85.7 Å². The Morgan fingerprint density at radius 3 is 2.96 bits per heavy atom. The van der Waals surface area contributed by atoms with Gasteiger partial charge in [0.1, 0.15) is 11.6 Å². The van der Waals surface area contributed by atoms with Crippen LogP contribution < -0.4 is 10.2 Å². The lowest BCUT2D eigenvalue weighted by Crippen LogP contribution is -2.61. The minimum atomic E-state index is -1.00. The summed E-state index contributed by atoms with van der Waals surface area (Å²) in [5.41, 5.74) is 0.294. The first-order valence-corrected chi connectivity index (χ1v) is 7.90. The number of hydrogen-bond donors (Lipinski definition) is 1. The molecule has 0 aromatic heterocycles. The van der Waals surface area contributed by atoms with Crippen molar-refractivity contribution >= 4 is 23.2 Å². The maximum Gasteiger partial charge on any atom is 0.250 e. The molecule has 2 heterocycles. The zero-order valence-corrected chi connectivity index (χ0v) is 13.8. The van der Waals surface area contributed by atoms with E-state index in [1.165, 1.54) is 4.90 Å². The summed E-state index contributed by atoms with van der Waals surface area (Å²) in [5.74, 6) is -0.433. The van der Waals surface area contributed by atoms with E-state index >= 15 is 0 Å². The molecule has 0 radical (unpaired) electrons. The summed E-state index contributed by atoms with van der Waals surface area (Å²) in [7, 11) is 0. The van der Waals surface area contributed by atoms with Gasteiger partial charge in [-0.2, -0.15) is 5.26 Å². The highest BCUT2D eigenvalue weighted by Crippen LogP contribution is 2.36. The first-order valence-electron chi connectivity index (χ1n) is 7.90. The SMILES string of the molecule is CC1(C)C(=O)Nc2ccccc2N1C(=O)CN1CCOCC1C#N. The average Bonchev–Trinajstić information content (AvgIpc) is 2.56. The van der Waals surface area contributed by atoms with Gasteiger partial charge in [0.05, 0.1) is 37.2 Å². The van der Waals surface area contributed by atoms with Crippen molar-refractivity contribution in [1.82, 2.24) is 4.90 Å². The smallest absolute Gasteiger partial charge is 0.250 e. The number of carbonyl (C=O) groups excluding carboxylic acids is 2. The molecule has 1 fully saturated rings. The van der Waals surface area contributed by atoms with Crippen LogP contribution in [0.2, 0.25) is 0 Å². The number of nitrogens with one attached hydrogen (secondary N) is 1. The van der Waals surface area contributed by atoms with Crippen molar-refractivity contribution < 1.29 is 14.3 Å². The molecule has 24 heavy (non-hydrogen) atoms. The number of amides is 2. The molecule has 3 rings (SSSR count). The van der Waals surface area contributed by atoms with Crippen LogP contribution in [0.4, 0.5) is 11.4 Å². The molecule has 1 saturated heterocycles. The van der Waals surface area contributed by atoms with Crippen molar-refractivity contribution in [3.63, 3.8) is 0 Å². The summed E-state index contributed by atoms with van der Waals surface area (Å²) in [5, 5.41) is 12.1. The van der Waals surface area contributed by atoms with Crippen molar-refractivity contribution in [3.05, 3.63) is 24.3 Å². The van der Waals surface area contributed by atoms with Gasteiger partial charge in [0.25, 0.3) is 0 Å². The molecular weight excluding hydrogens is 308 g/mol. The van der Waals surface area contributed by atoms with E-state index in [1.54, 1.807) is 24.8 Å².